The van der Waals surface area contributed by atoms with Crippen LogP contribution in [0.15, 0.2) is 18.2 Å². The van der Waals surface area contributed by atoms with E-state index in [1.54, 1.807) is 25.1 Å². The second kappa shape index (κ2) is 7.49. The van der Waals surface area contributed by atoms with E-state index in [1.165, 1.54) is 7.11 Å². The second-order valence-electron chi connectivity index (χ2n) is 5.74. The molecule has 0 aliphatic heterocycles. The molecule has 0 atom stereocenters. The maximum absolute atomic E-state index is 12.6. The summed E-state index contributed by atoms with van der Waals surface area (Å²) >= 11 is 6.09. The molecule has 0 unspecified atom stereocenters. The lowest BCUT2D eigenvalue weighted by atomic mass is 10.2. The van der Waals surface area contributed by atoms with Crippen LogP contribution in [-0.2, 0) is 0 Å². The smallest absolute Gasteiger partial charge is 0.274 e. The minimum Gasteiger partial charge on any atom is -0.495 e. The van der Waals surface area contributed by atoms with Crippen LogP contribution in [0.3, 0.4) is 0 Å². The summed E-state index contributed by atoms with van der Waals surface area (Å²) in [7, 11) is 1.52. The number of benzene rings is 1. The van der Waals surface area contributed by atoms with E-state index >= 15 is 0 Å². The van der Waals surface area contributed by atoms with Crippen LogP contribution in [0.2, 0.25) is 5.02 Å². The highest BCUT2D eigenvalue weighted by Crippen LogP contribution is 2.31. The van der Waals surface area contributed by atoms with Gasteiger partial charge in [-0.3, -0.25) is 4.79 Å². The molecule has 1 heterocycles. The lowest BCUT2D eigenvalue weighted by Gasteiger charge is -2.13. The van der Waals surface area contributed by atoms with Crippen molar-refractivity contribution in [2.45, 2.75) is 33.7 Å². The molecule has 1 aromatic heterocycles. The molecule has 1 amide bonds. The SMILES string of the molecule is COc1cc(Cl)c(C)cc1NC(=O)c1cc(NC(C)C)nc(C)n1. The number of anilines is 2. The number of halogens is 1. The van der Waals surface area contributed by atoms with Gasteiger partial charge in [-0.05, 0) is 39.3 Å². The third-order valence-electron chi connectivity index (χ3n) is 3.24. The lowest BCUT2D eigenvalue weighted by molar-refractivity contribution is 0.102. The van der Waals surface area contributed by atoms with E-state index in [1.807, 2.05) is 20.8 Å². The number of carbonyl (C=O) groups excluding carboxylic acids is 1. The summed E-state index contributed by atoms with van der Waals surface area (Å²) in [6.07, 6.45) is 0. The number of carbonyl (C=O) groups is 1. The summed E-state index contributed by atoms with van der Waals surface area (Å²) < 4.78 is 5.27. The number of hydrogen-bond acceptors (Lipinski definition) is 5. The Bertz CT molecular complexity index is 762. The zero-order chi connectivity index (χ0) is 17.9. The van der Waals surface area contributed by atoms with E-state index < -0.39 is 0 Å². The maximum atomic E-state index is 12.6. The molecular formula is C17H21ClN4O2. The van der Waals surface area contributed by atoms with E-state index in [2.05, 4.69) is 20.6 Å². The van der Waals surface area contributed by atoms with Crippen molar-refractivity contribution < 1.29 is 9.53 Å². The van der Waals surface area contributed by atoms with Gasteiger partial charge in [0.15, 0.2) is 0 Å². The van der Waals surface area contributed by atoms with Crippen LogP contribution in [0.1, 0.15) is 35.7 Å². The maximum Gasteiger partial charge on any atom is 0.274 e. The molecule has 0 aliphatic carbocycles. The number of nitrogens with one attached hydrogen (secondary N) is 2. The van der Waals surface area contributed by atoms with Crippen molar-refractivity contribution in [3.05, 3.63) is 40.3 Å². The number of ether oxygens (including phenoxy) is 1. The largest absolute Gasteiger partial charge is 0.495 e. The van der Waals surface area contributed by atoms with Crippen LogP contribution in [0.4, 0.5) is 11.5 Å². The van der Waals surface area contributed by atoms with Gasteiger partial charge in [0.1, 0.15) is 23.1 Å². The van der Waals surface area contributed by atoms with E-state index in [-0.39, 0.29) is 17.6 Å². The number of aryl methyl sites for hydroxylation is 2. The van der Waals surface area contributed by atoms with Crippen molar-refractivity contribution in [3.63, 3.8) is 0 Å². The predicted octanol–water partition coefficient (Wildman–Crippen LogP) is 3.83. The Kier molecular flexibility index (Phi) is 5.62. The van der Waals surface area contributed by atoms with Gasteiger partial charge in [0.2, 0.25) is 0 Å². The predicted molar refractivity (Wildman–Crippen MR) is 96.2 cm³/mol. The number of aromatic nitrogens is 2. The first-order valence-corrected chi connectivity index (χ1v) is 7.95. The fourth-order valence-electron chi connectivity index (χ4n) is 2.17. The Morgan fingerprint density at radius 3 is 2.54 bits per heavy atom. The van der Waals surface area contributed by atoms with Gasteiger partial charge in [-0.25, -0.2) is 9.97 Å². The van der Waals surface area contributed by atoms with Crippen molar-refractivity contribution in [1.82, 2.24) is 9.97 Å². The van der Waals surface area contributed by atoms with Gasteiger partial charge in [-0.1, -0.05) is 11.6 Å². The third-order valence-corrected chi connectivity index (χ3v) is 3.64. The molecule has 0 saturated carbocycles. The topological polar surface area (TPSA) is 76.1 Å². The minimum absolute atomic E-state index is 0.203. The van der Waals surface area contributed by atoms with Gasteiger partial charge in [-0.15, -0.1) is 0 Å². The fraction of sp³-hybridized carbons (Fsp3) is 0.353. The zero-order valence-electron chi connectivity index (χ0n) is 14.4. The molecule has 0 aliphatic rings. The summed E-state index contributed by atoms with van der Waals surface area (Å²) in [5.74, 6) is 1.28. The van der Waals surface area contributed by atoms with Crippen molar-refractivity contribution in [1.29, 1.82) is 0 Å². The standard InChI is InChI=1S/C17H21ClN4O2/c1-9(2)19-16-8-14(20-11(4)21-16)17(23)22-13-6-10(3)12(18)7-15(13)24-5/h6-9H,1-5H3,(H,22,23)(H,19,20,21). The lowest BCUT2D eigenvalue weighted by Crippen LogP contribution is -2.18. The number of methoxy groups -OCH3 is 1. The highest BCUT2D eigenvalue weighted by molar-refractivity contribution is 6.31. The first-order chi connectivity index (χ1) is 11.3. The Labute approximate surface area is 146 Å². The van der Waals surface area contributed by atoms with E-state index in [0.29, 0.717) is 28.1 Å². The monoisotopic (exact) mass is 348 g/mol. The molecule has 7 heteroatoms. The van der Waals surface area contributed by atoms with E-state index in [0.717, 1.165) is 5.56 Å². The summed E-state index contributed by atoms with van der Waals surface area (Å²) in [5, 5.41) is 6.56. The van der Waals surface area contributed by atoms with Crippen molar-refractivity contribution >= 4 is 29.0 Å². The van der Waals surface area contributed by atoms with Gasteiger partial charge in [0.05, 0.1) is 12.8 Å². The van der Waals surface area contributed by atoms with Crippen LogP contribution in [-0.4, -0.2) is 29.0 Å². The van der Waals surface area contributed by atoms with Crippen LogP contribution in [0.5, 0.6) is 5.75 Å². The van der Waals surface area contributed by atoms with Crippen LogP contribution < -0.4 is 15.4 Å². The van der Waals surface area contributed by atoms with Crippen LogP contribution in [0.25, 0.3) is 0 Å². The fourth-order valence-corrected chi connectivity index (χ4v) is 2.32. The normalized spacial score (nSPS) is 10.6. The molecule has 2 rings (SSSR count). The second-order valence-corrected chi connectivity index (χ2v) is 6.15. The number of amides is 1. The molecule has 6 nitrogen and oxygen atoms in total. The Balaban J connectivity index is 2.30. The first-order valence-electron chi connectivity index (χ1n) is 7.58. The van der Waals surface area contributed by atoms with E-state index in [4.69, 9.17) is 16.3 Å². The van der Waals surface area contributed by atoms with Crippen molar-refractivity contribution in [2.75, 3.05) is 17.7 Å². The first kappa shape index (κ1) is 18.0. The Morgan fingerprint density at radius 1 is 1.21 bits per heavy atom. The highest BCUT2D eigenvalue weighted by atomic mass is 35.5. The summed E-state index contributed by atoms with van der Waals surface area (Å²) in [5.41, 5.74) is 1.66. The van der Waals surface area contributed by atoms with Gasteiger partial charge >= 0.3 is 0 Å². The number of nitrogens with zero attached hydrogens (tertiary/aromatic N) is 2. The molecule has 0 spiro atoms. The Hall–Kier alpha value is -2.34. The molecule has 24 heavy (non-hydrogen) atoms. The summed E-state index contributed by atoms with van der Waals surface area (Å²) in [4.78, 5) is 21.0. The molecule has 0 saturated heterocycles. The number of rotatable bonds is 5. The van der Waals surface area contributed by atoms with Gasteiger partial charge < -0.3 is 15.4 Å². The van der Waals surface area contributed by atoms with Gasteiger partial charge in [0.25, 0.3) is 5.91 Å². The number of hydrogen-bond donors (Lipinski definition) is 2. The summed E-state index contributed by atoms with van der Waals surface area (Å²) in [6, 6.07) is 5.26. The molecule has 0 fully saturated rings. The molecule has 2 N–H and O–H groups in total. The molecule has 1 aromatic carbocycles. The molecule has 128 valence electrons. The zero-order valence-corrected chi connectivity index (χ0v) is 15.2. The average molecular weight is 349 g/mol. The highest BCUT2D eigenvalue weighted by Gasteiger charge is 2.15. The van der Waals surface area contributed by atoms with Crippen LogP contribution >= 0.6 is 11.6 Å². The van der Waals surface area contributed by atoms with Gasteiger partial charge in [-0.2, -0.15) is 0 Å². The summed E-state index contributed by atoms with van der Waals surface area (Å²) in [6.45, 7) is 7.60. The minimum atomic E-state index is -0.340. The Morgan fingerprint density at radius 2 is 1.92 bits per heavy atom. The van der Waals surface area contributed by atoms with Gasteiger partial charge in [0, 0.05) is 23.2 Å². The molecule has 2 aromatic rings. The van der Waals surface area contributed by atoms with E-state index in [9.17, 15) is 4.79 Å². The quantitative estimate of drug-likeness (QED) is 0.858. The third kappa shape index (κ3) is 4.35. The van der Waals surface area contributed by atoms with Crippen molar-refractivity contribution in [2.24, 2.45) is 0 Å². The molecule has 0 bridgehead atoms. The van der Waals surface area contributed by atoms with Crippen LogP contribution in [0, 0.1) is 13.8 Å². The molecule has 0 radical (unpaired) electrons. The average Bonchev–Trinajstić information content (AvgIpc) is 2.49. The molecular weight excluding hydrogens is 328 g/mol. The van der Waals surface area contributed by atoms with Crippen molar-refractivity contribution in [3.8, 4) is 5.75 Å².